The lowest BCUT2D eigenvalue weighted by atomic mass is 10.3. The van der Waals surface area contributed by atoms with Gasteiger partial charge in [0.1, 0.15) is 6.54 Å². The first-order valence-corrected chi connectivity index (χ1v) is 4.89. The summed E-state index contributed by atoms with van der Waals surface area (Å²) in [6, 6.07) is 5.77. The van der Waals surface area contributed by atoms with E-state index in [4.69, 9.17) is 18.0 Å². The van der Waals surface area contributed by atoms with Crippen LogP contribution in [0.15, 0.2) is 29.3 Å². The minimum Gasteiger partial charge on any atom is -0.336 e. The normalized spacial score (nSPS) is 12.1. The summed E-state index contributed by atoms with van der Waals surface area (Å²) in [4.78, 5) is 3.24. The van der Waals surface area contributed by atoms with E-state index in [9.17, 15) is 13.2 Å². The Hall–Kier alpha value is -1.67. The predicted molar refractivity (Wildman–Crippen MR) is 62.3 cm³/mol. The van der Waals surface area contributed by atoms with E-state index in [1.165, 1.54) is 24.3 Å². The second-order valence-electron chi connectivity index (χ2n) is 3.00. The first-order valence-electron chi connectivity index (χ1n) is 4.51. The Morgan fingerprint density at radius 3 is 2.41 bits per heavy atom. The summed E-state index contributed by atoms with van der Waals surface area (Å²) in [5, 5.41) is 2.59. The van der Waals surface area contributed by atoms with Crippen molar-refractivity contribution in [1.82, 2.24) is 0 Å². The van der Waals surface area contributed by atoms with E-state index in [0.29, 0.717) is 5.02 Å². The van der Waals surface area contributed by atoms with Crippen LogP contribution in [0.3, 0.4) is 0 Å². The number of halogens is 4. The van der Waals surface area contributed by atoms with Gasteiger partial charge in [0.2, 0.25) is 5.84 Å². The first-order chi connectivity index (χ1) is 7.93. The summed E-state index contributed by atoms with van der Waals surface area (Å²) in [6.07, 6.45) is 0.291. The molecule has 1 aromatic rings. The zero-order chi connectivity index (χ0) is 12.9. The smallest absolute Gasteiger partial charge is 0.336 e. The Labute approximate surface area is 102 Å². The molecule has 17 heavy (non-hydrogen) atoms. The number of terminal acetylenes is 1. The molecule has 0 fully saturated rings. The van der Waals surface area contributed by atoms with Gasteiger partial charge in [-0.05, 0) is 24.3 Å². The van der Waals surface area contributed by atoms with E-state index < -0.39 is 12.0 Å². The molecule has 90 valence electrons. The van der Waals surface area contributed by atoms with Crippen LogP contribution in [0.1, 0.15) is 0 Å². The number of aliphatic imine (C=N–C) groups is 1. The highest BCUT2D eigenvalue weighted by atomic mass is 35.5. The quantitative estimate of drug-likeness (QED) is 0.492. The molecule has 0 radical (unpaired) electrons. The van der Waals surface area contributed by atoms with Gasteiger partial charge in [0, 0.05) is 10.7 Å². The molecule has 0 aliphatic rings. The molecule has 0 heterocycles. The van der Waals surface area contributed by atoms with Gasteiger partial charge in [-0.3, -0.25) is 4.99 Å². The minimum atomic E-state index is -4.57. The summed E-state index contributed by atoms with van der Waals surface area (Å²) < 4.78 is 37.6. The zero-order valence-electron chi connectivity index (χ0n) is 8.55. The van der Waals surface area contributed by atoms with E-state index in [1.54, 1.807) is 0 Å². The lowest BCUT2D eigenvalue weighted by molar-refractivity contribution is -0.0588. The molecule has 0 amide bonds. The topological polar surface area (TPSA) is 24.4 Å². The number of alkyl halides is 3. The fourth-order valence-electron chi connectivity index (χ4n) is 0.995. The molecule has 0 unspecified atom stereocenters. The van der Waals surface area contributed by atoms with Gasteiger partial charge < -0.3 is 5.32 Å². The number of nitrogens with zero attached hydrogens (tertiary/aromatic N) is 1. The molecule has 0 aromatic heterocycles. The lowest BCUT2D eigenvalue weighted by Crippen LogP contribution is -2.30. The van der Waals surface area contributed by atoms with Gasteiger partial charge in [0.25, 0.3) is 0 Å². The second kappa shape index (κ2) is 5.60. The number of anilines is 1. The highest BCUT2D eigenvalue weighted by Gasteiger charge is 2.35. The van der Waals surface area contributed by atoms with Crippen molar-refractivity contribution >= 4 is 23.1 Å². The van der Waals surface area contributed by atoms with Crippen molar-refractivity contribution in [2.75, 3.05) is 11.9 Å². The molecule has 0 aliphatic carbocycles. The van der Waals surface area contributed by atoms with Crippen LogP contribution in [-0.4, -0.2) is 18.6 Å². The maximum atomic E-state index is 12.5. The monoisotopic (exact) mass is 260 g/mol. The van der Waals surface area contributed by atoms with E-state index in [2.05, 4.69) is 10.3 Å². The Bertz CT molecular complexity index is 443. The van der Waals surface area contributed by atoms with E-state index in [1.807, 2.05) is 5.92 Å². The van der Waals surface area contributed by atoms with Gasteiger partial charge in [0.15, 0.2) is 0 Å². The Morgan fingerprint density at radius 2 is 1.94 bits per heavy atom. The fraction of sp³-hybridized carbons (Fsp3) is 0.182. The zero-order valence-corrected chi connectivity index (χ0v) is 9.31. The second-order valence-corrected chi connectivity index (χ2v) is 3.44. The molecule has 1 aromatic carbocycles. The van der Waals surface area contributed by atoms with Crippen LogP contribution in [-0.2, 0) is 0 Å². The van der Waals surface area contributed by atoms with Crippen molar-refractivity contribution < 1.29 is 13.2 Å². The molecule has 1 rings (SSSR count). The van der Waals surface area contributed by atoms with Crippen LogP contribution in [0.5, 0.6) is 0 Å². The molecule has 0 atom stereocenters. The average Bonchev–Trinajstić information content (AvgIpc) is 2.25. The molecule has 0 aliphatic heterocycles. The number of amidine groups is 1. The van der Waals surface area contributed by atoms with Crippen molar-refractivity contribution in [2.45, 2.75) is 6.18 Å². The van der Waals surface area contributed by atoms with Crippen molar-refractivity contribution in [3.05, 3.63) is 29.3 Å². The van der Waals surface area contributed by atoms with Crippen molar-refractivity contribution in [1.29, 1.82) is 0 Å². The molecule has 6 heteroatoms. The van der Waals surface area contributed by atoms with E-state index in [0.717, 1.165) is 0 Å². The number of rotatable bonds is 2. The number of benzene rings is 1. The molecule has 0 saturated carbocycles. The third-order valence-electron chi connectivity index (χ3n) is 1.70. The van der Waals surface area contributed by atoms with Crippen molar-refractivity contribution in [3.8, 4) is 12.3 Å². The summed E-state index contributed by atoms with van der Waals surface area (Å²) in [5.41, 5.74) is 0.238. The van der Waals surface area contributed by atoms with Crippen LogP contribution in [0.2, 0.25) is 5.02 Å². The van der Waals surface area contributed by atoms with Gasteiger partial charge in [-0.2, -0.15) is 13.2 Å². The van der Waals surface area contributed by atoms with Crippen LogP contribution < -0.4 is 5.32 Å². The van der Waals surface area contributed by atoms with Crippen LogP contribution in [0.4, 0.5) is 18.9 Å². The SMILES string of the molecule is C#CCN=C(Nc1ccc(Cl)cc1)C(F)(F)F. The maximum Gasteiger partial charge on any atom is 0.449 e. The third kappa shape index (κ3) is 4.37. The molecule has 1 N–H and O–H groups in total. The van der Waals surface area contributed by atoms with Crippen molar-refractivity contribution in [3.63, 3.8) is 0 Å². The molecule has 0 bridgehead atoms. The third-order valence-corrected chi connectivity index (χ3v) is 1.96. The molecular weight excluding hydrogens is 253 g/mol. The van der Waals surface area contributed by atoms with E-state index >= 15 is 0 Å². The number of hydrogen-bond acceptors (Lipinski definition) is 1. The number of nitrogens with one attached hydrogen (secondary N) is 1. The summed E-state index contributed by atoms with van der Waals surface area (Å²) in [5.74, 6) is 0.889. The lowest BCUT2D eigenvalue weighted by Gasteiger charge is -2.12. The van der Waals surface area contributed by atoms with Crippen LogP contribution in [0, 0.1) is 12.3 Å². The Balaban J connectivity index is 2.88. The van der Waals surface area contributed by atoms with Crippen LogP contribution >= 0.6 is 11.6 Å². The van der Waals surface area contributed by atoms with Gasteiger partial charge in [-0.1, -0.05) is 17.5 Å². The molecule has 2 nitrogen and oxygen atoms in total. The predicted octanol–water partition coefficient (Wildman–Crippen LogP) is 3.35. The van der Waals surface area contributed by atoms with Crippen molar-refractivity contribution in [2.24, 2.45) is 4.99 Å². The van der Waals surface area contributed by atoms with E-state index in [-0.39, 0.29) is 12.2 Å². The first kappa shape index (κ1) is 13.4. The fourth-order valence-corrected chi connectivity index (χ4v) is 1.12. The highest BCUT2D eigenvalue weighted by Crippen LogP contribution is 2.20. The standard InChI is InChI=1S/C11H8ClF3N2/c1-2-7-16-10(11(13,14)15)17-9-5-3-8(12)4-6-9/h1,3-6H,7H2,(H,16,17). The minimum absolute atomic E-state index is 0.238. The highest BCUT2D eigenvalue weighted by molar-refractivity contribution is 6.30. The van der Waals surface area contributed by atoms with Gasteiger partial charge in [-0.15, -0.1) is 6.42 Å². The summed E-state index contributed by atoms with van der Waals surface area (Å²) >= 11 is 5.61. The van der Waals surface area contributed by atoms with Crippen LogP contribution in [0.25, 0.3) is 0 Å². The Kier molecular flexibility index (Phi) is 4.41. The number of hydrogen-bond donors (Lipinski definition) is 1. The average molecular weight is 261 g/mol. The molecular formula is C11H8ClF3N2. The summed E-state index contributed by atoms with van der Waals surface area (Å²) in [6.45, 7) is -0.338. The van der Waals surface area contributed by atoms with Gasteiger partial charge in [0.05, 0.1) is 0 Å². The summed E-state index contributed by atoms with van der Waals surface area (Å²) in [7, 11) is 0. The molecule has 0 saturated heterocycles. The Morgan fingerprint density at radius 1 is 1.35 bits per heavy atom. The van der Waals surface area contributed by atoms with Gasteiger partial charge in [-0.25, -0.2) is 0 Å². The maximum absolute atomic E-state index is 12.5. The van der Waals surface area contributed by atoms with Gasteiger partial charge >= 0.3 is 6.18 Å². The largest absolute Gasteiger partial charge is 0.449 e. The molecule has 0 spiro atoms.